The summed E-state index contributed by atoms with van der Waals surface area (Å²) in [4.78, 5) is 12.0. The van der Waals surface area contributed by atoms with Crippen LogP contribution in [0, 0.1) is 5.82 Å². The first-order valence-electron chi connectivity index (χ1n) is 6.98. The zero-order chi connectivity index (χ0) is 14.5. The van der Waals surface area contributed by atoms with Crippen LogP contribution in [0.5, 0.6) is 0 Å². The van der Waals surface area contributed by atoms with E-state index in [1.165, 1.54) is 12.1 Å². The molecule has 20 heavy (non-hydrogen) atoms. The molecule has 3 nitrogen and oxygen atoms in total. The van der Waals surface area contributed by atoms with Gasteiger partial charge in [0.2, 0.25) is 5.91 Å². The SMILES string of the molecule is C[C@@H](C(=O)NC1CCCC1)[S@](=O)Cc1ccc(F)cc1. The number of hydrogen-bond acceptors (Lipinski definition) is 2. The molecule has 0 saturated heterocycles. The van der Waals surface area contributed by atoms with Crippen LogP contribution in [0.4, 0.5) is 4.39 Å². The average Bonchev–Trinajstić information content (AvgIpc) is 2.93. The Morgan fingerprint density at radius 2 is 1.95 bits per heavy atom. The Morgan fingerprint density at radius 3 is 2.55 bits per heavy atom. The summed E-state index contributed by atoms with van der Waals surface area (Å²) in [6.45, 7) is 1.68. The molecule has 1 aromatic carbocycles. The number of amides is 1. The second kappa shape index (κ2) is 6.97. The van der Waals surface area contributed by atoms with E-state index in [9.17, 15) is 13.4 Å². The van der Waals surface area contributed by atoms with E-state index in [1.807, 2.05) is 0 Å². The fourth-order valence-corrected chi connectivity index (χ4v) is 3.46. The Kier molecular flexibility index (Phi) is 5.29. The molecule has 0 spiro atoms. The zero-order valence-electron chi connectivity index (χ0n) is 11.6. The molecule has 0 aromatic heterocycles. The molecule has 5 heteroatoms. The molecule has 1 aliphatic carbocycles. The summed E-state index contributed by atoms with van der Waals surface area (Å²) < 4.78 is 25.0. The number of halogens is 1. The Balaban J connectivity index is 1.87. The van der Waals surface area contributed by atoms with Crippen LogP contribution >= 0.6 is 0 Å². The maximum Gasteiger partial charge on any atom is 0.235 e. The van der Waals surface area contributed by atoms with Crippen LogP contribution in [-0.4, -0.2) is 21.4 Å². The van der Waals surface area contributed by atoms with Gasteiger partial charge in [0.1, 0.15) is 11.1 Å². The lowest BCUT2D eigenvalue weighted by atomic mass is 10.2. The number of hydrogen-bond donors (Lipinski definition) is 1. The van der Waals surface area contributed by atoms with Gasteiger partial charge in [-0.3, -0.25) is 9.00 Å². The second-order valence-electron chi connectivity index (χ2n) is 5.28. The van der Waals surface area contributed by atoms with Crippen LogP contribution < -0.4 is 5.32 Å². The largest absolute Gasteiger partial charge is 0.352 e. The summed E-state index contributed by atoms with van der Waals surface area (Å²) in [5, 5.41) is 2.42. The van der Waals surface area contributed by atoms with Gasteiger partial charge in [0.15, 0.2) is 0 Å². The van der Waals surface area contributed by atoms with Gasteiger partial charge in [0.25, 0.3) is 0 Å². The average molecular weight is 297 g/mol. The van der Waals surface area contributed by atoms with Crippen LogP contribution in [0.15, 0.2) is 24.3 Å². The molecule has 1 N–H and O–H groups in total. The van der Waals surface area contributed by atoms with Crippen molar-refractivity contribution in [2.75, 3.05) is 0 Å². The highest BCUT2D eigenvalue weighted by atomic mass is 32.2. The summed E-state index contributed by atoms with van der Waals surface area (Å²) in [7, 11) is -1.29. The van der Waals surface area contributed by atoms with Crippen molar-refractivity contribution in [2.24, 2.45) is 0 Å². The van der Waals surface area contributed by atoms with Crippen molar-refractivity contribution in [3.8, 4) is 0 Å². The van der Waals surface area contributed by atoms with Gasteiger partial charge in [0, 0.05) is 22.6 Å². The standard InChI is InChI=1S/C15H20FNO2S/c1-11(15(18)17-14-4-2-3-5-14)20(19)10-12-6-8-13(16)9-7-12/h6-9,11,14H,2-5,10H2,1H3,(H,17,18)/t11-,20+/m0/s1. The van der Waals surface area contributed by atoms with Crippen LogP contribution in [0.3, 0.4) is 0 Å². The first kappa shape index (κ1) is 15.2. The van der Waals surface area contributed by atoms with Crippen molar-refractivity contribution < 1.29 is 13.4 Å². The Bertz CT molecular complexity index is 483. The second-order valence-corrected chi connectivity index (χ2v) is 7.04. The normalized spacial score (nSPS) is 18.7. The first-order valence-corrected chi connectivity index (χ1v) is 8.36. The lowest BCUT2D eigenvalue weighted by molar-refractivity contribution is -0.121. The van der Waals surface area contributed by atoms with E-state index in [0.29, 0.717) is 0 Å². The molecule has 1 fully saturated rings. The van der Waals surface area contributed by atoms with Crippen molar-refractivity contribution >= 4 is 16.7 Å². The molecule has 0 radical (unpaired) electrons. The van der Waals surface area contributed by atoms with Crippen molar-refractivity contribution in [1.29, 1.82) is 0 Å². The van der Waals surface area contributed by atoms with Crippen molar-refractivity contribution in [3.05, 3.63) is 35.6 Å². The van der Waals surface area contributed by atoms with Gasteiger partial charge in [-0.15, -0.1) is 0 Å². The van der Waals surface area contributed by atoms with E-state index in [4.69, 9.17) is 0 Å². The molecule has 2 rings (SSSR count). The topological polar surface area (TPSA) is 46.2 Å². The van der Waals surface area contributed by atoms with Crippen molar-refractivity contribution in [1.82, 2.24) is 5.32 Å². The molecule has 0 heterocycles. The number of carbonyl (C=O) groups excluding carboxylic acids is 1. The molecule has 0 bridgehead atoms. The fraction of sp³-hybridized carbons (Fsp3) is 0.533. The highest BCUT2D eigenvalue weighted by Crippen LogP contribution is 2.18. The molecule has 1 aliphatic rings. The molecule has 2 atom stereocenters. The molecule has 0 unspecified atom stereocenters. The van der Waals surface area contributed by atoms with Gasteiger partial charge in [-0.05, 0) is 37.5 Å². The smallest absolute Gasteiger partial charge is 0.235 e. The van der Waals surface area contributed by atoms with Crippen molar-refractivity contribution in [2.45, 2.75) is 49.7 Å². The van der Waals surface area contributed by atoms with Crippen LogP contribution in [-0.2, 0) is 21.3 Å². The number of benzene rings is 1. The minimum atomic E-state index is -1.29. The van der Waals surface area contributed by atoms with E-state index >= 15 is 0 Å². The van der Waals surface area contributed by atoms with Crippen LogP contribution in [0.25, 0.3) is 0 Å². The fourth-order valence-electron chi connectivity index (χ4n) is 2.38. The molecule has 110 valence electrons. The van der Waals surface area contributed by atoms with E-state index in [2.05, 4.69) is 5.32 Å². The molecular formula is C15H20FNO2S. The lowest BCUT2D eigenvalue weighted by Crippen LogP contribution is -2.40. The maximum absolute atomic E-state index is 12.8. The third kappa shape index (κ3) is 4.13. The van der Waals surface area contributed by atoms with Crippen LogP contribution in [0.1, 0.15) is 38.2 Å². The summed E-state index contributed by atoms with van der Waals surface area (Å²) in [5.74, 6) is -0.177. The van der Waals surface area contributed by atoms with Gasteiger partial charge < -0.3 is 5.32 Å². The summed E-state index contributed by atoms with van der Waals surface area (Å²) in [6, 6.07) is 6.14. The van der Waals surface area contributed by atoms with E-state index in [0.717, 1.165) is 31.2 Å². The quantitative estimate of drug-likeness (QED) is 0.908. The number of rotatable bonds is 5. The van der Waals surface area contributed by atoms with Gasteiger partial charge in [0.05, 0.1) is 0 Å². The highest BCUT2D eigenvalue weighted by Gasteiger charge is 2.24. The summed E-state index contributed by atoms with van der Waals surface area (Å²) in [5.41, 5.74) is 0.783. The molecular weight excluding hydrogens is 277 g/mol. The molecule has 1 saturated carbocycles. The minimum absolute atomic E-state index is 0.141. The van der Waals surface area contributed by atoms with E-state index in [1.54, 1.807) is 19.1 Å². The minimum Gasteiger partial charge on any atom is -0.352 e. The van der Waals surface area contributed by atoms with Gasteiger partial charge in [-0.1, -0.05) is 25.0 Å². The monoisotopic (exact) mass is 297 g/mol. The van der Waals surface area contributed by atoms with E-state index < -0.39 is 16.0 Å². The predicted molar refractivity (Wildman–Crippen MR) is 78.1 cm³/mol. The van der Waals surface area contributed by atoms with Gasteiger partial charge in [-0.25, -0.2) is 4.39 Å². The molecule has 1 aromatic rings. The highest BCUT2D eigenvalue weighted by molar-refractivity contribution is 7.85. The summed E-state index contributed by atoms with van der Waals surface area (Å²) >= 11 is 0. The molecule has 0 aliphatic heterocycles. The number of nitrogens with one attached hydrogen (secondary N) is 1. The predicted octanol–water partition coefficient (Wildman–Crippen LogP) is 2.52. The van der Waals surface area contributed by atoms with E-state index in [-0.39, 0.29) is 23.5 Å². The molecule has 1 amide bonds. The third-order valence-corrected chi connectivity index (χ3v) is 5.31. The maximum atomic E-state index is 12.8. The summed E-state index contributed by atoms with van der Waals surface area (Å²) in [6.07, 6.45) is 4.34. The first-order chi connectivity index (χ1) is 9.56. The Morgan fingerprint density at radius 1 is 1.35 bits per heavy atom. The lowest BCUT2D eigenvalue weighted by Gasteiger charge is -2.16. The third-order valence-electron chi connectivity index (χ3n) is 3.69. The zero-order valence-corrected chi connectivity index (χ0v) is 12.4. The Labute approximate surface area is 121 Å². The van der Waals surface area contributed by atoms with Crippen molar-refractivity contribution in [3.63, 3.8) is 0 Å². The van der Waals surface area contributed by atoms with Crippen LogP contribution in [0.2, 0.25) is 0 Å². The van der Waals surface area contributed by atoms with Gasteiger partial charge in [-0.2, -0.15) is 0 Å². The Hall–Kier alpha value is -1.23. The number of carbonyl (C=O) groups is 1. The van der Waals surface area contributed by atoms with Gasteiger partial charge >= 0.3 is 0 Å².